The maximum atomic E-state index is 13.1. The molecule has 1 amide bonds. The molecule has 0 spiro atoms. The van der Waals surface area contributed by atoms with Gasteiger partial charge >= 0.3 is 0 Å². The van der Waals surface area contributed by atoms with Crippen LogP contribution in [-0.4, -0.2) is 25.5 Å². The first-order valence-corrected chi connectivity index (χ1v) is 6.88. The Morgan fingerprint density at radius 1 is 1.53 bits per heavy atom. The molecule has 1 aliphatic heterocycles. The van der Waals surface area contributed by atoms with Gasteiger partial charge in [-0.1, -0.05) is 19.1 Å². The lowest BCUT2D eigenvalue weighted by molar-refractivity contribution is -0.119. The van der Waals surface area contributed by atoms with Gasteiger partial charge in [-0.25, -0.2) is 4.39 Å². The molecule has 0 radical (unpaired) electrons. The van der Waals surface area contributed by atoms with Gasteiger partial charge in [0.1, 0.15) is 5.82 Å². The van der Waals surface area contributed by atoms with Crippen molar-refractivity contribution in [1.82, 2.24) is 10.6 Å². The molecular weight excluding hydrogens is 243 g/mol. The number of amides is 1. The predicted molar refractivity (Wildman–Crippen MR) is 73.4 cm³/mol. The molecule has 2 rings (SSSR count). The number of carbonyl (C=O) groups excluding carboxylic acids is 1. The summed E-state index contributed by atoms with van der Waals surface area (Å²) in [5.74, 6) is 0.738. The van der Waals surface area contributed by atoms with Crippen LogP contribution >= 0.6 is 0 Å². The maximum absolute atomic E-state index is 13.1. The van der Waals surface area contributed by atoms with E-state index in [2.05, 4.69) is 17.6 Å². The number of rotatable bonds is 6. The van der Waals surface area contributed by atoms with Gasteiger partial charge < -0.3 is 10.6 Å². The molecule has 1 heterocycles. The third kappa shape index (κ3) is 4.31. The summed E-state index contributed by atoms with van der Waals surface area (Å²) in [5, 5.41) is 6.23. The lowest BCUT2D eigenvalue weighted by Gasteiger charge is -2.14. The van der Waals surface area contributed by atoms with E-state index in [-0.39, 0.29) is 11.7 Å². The van der Waals surface area contributed by atoms with Crippen LogP contribution in [-0.2, 0) is 4.79 Å². The van der Waals surface area contributed by atoms with E-state index in [0.29, 0.717) is 18.3 Å². The van der Waals surface area contributed by atoms with Crippen molar-refractivity contribution in [2.45, 2.75) is 25.7 Å². The molecule has 2 N–H and O–H groups in total. The predicted octanol–water partition coefficient (Wildman–Crippen LogP) is 2.04. The Labute approximate surface area is 113 Å². The SMILES string of the molecule is C[C@@H](CNCC[C@H]1CNC(=O)C1)c1cccc(F)c1. The van der Waals surface area contributed by atoms with Crippen LogP contribution in [0.3, 0.4) is 0 Å². The van der Waals surface area contributed by atoms with Crippen molar-refractivity contribution in [2.24, 2.45) is 5.92 Å². The Balaban J connectivity index is 1.66. The van der Waals surface area contributed by atoms with E-state index in [4.69, 9.17) is 0 Å². The van der Waals surface area contributed by atoms with Crippen LogP contribution in [0.2, 0.25) is 0 Å². The van der Waals surface area contributed by atoms with Crippen LogP contribution < -0.4 is 10.6 Å². The average molecular weight is 264 g/mol. The van der Waals surface area contributed by atoms with E-state index in [0.717, 1.165) is 31.6 Å². The molecule has 0 unspecified atom stereocenters. The van der Waals surface area contributed by atoms with Crippen LogP contribution in [0.15, 0.2) is 24.3 Å². The van der Waals surface area contributed by atoms with Crippen molar-refractivity contribution < 1.29 is 9.18 Å². The van der Waals surface area contributed by atoms with E-state index >= 15 is 0 Å². The van der Waals surface area contributed by atoms with E-state index in [1.54, 1.807) is 12.1 Å². The molecule has 0 saturated carbocycles. The van der Waals surface area contributed by atoms with E-state index in [9.17, 15) is 9.18 Å². The molecule has 3 nitrogen and oxygen atoms in total. The average Bonchev–Trinajstić information content (AvgIpc) is 2.80. The van der Waals surface area contributed by atoms with Crippen LogP contribution in [0.4, 0.5) is 4.39 Å². The Kier molecular flexibility index (Phi) is 4.91. The highest BCUT2D eigenvalue weighted by atomic mass is 19.1. The highest BCUT2D eigenvalue weighted by Gasteiger charge is 2.20. The maximum Gasteiger partial charge on any atom is 0.220 e. The molecular formula is C15H21FN2O. The second kappa shape index (κ2) is 6.66. The van der Waals surface area contributed by atoms with Gasteiger partial charge in [0.25, 0.3) is 0 Å². The van der Waals surface area contributed by atoms with Crippen molar-refractivity contribution in [2.75, 3.05) is 19.6 Å². The second-order valence-electron chi connectivity index (χ2n) is 5.32. The van der Waals surface area contributed by atoms with Crippen molar-refractivity contribution in [1.29, 1.82) is 0 Å². The summed E-state index contributed by atoms with van der Waals surface area (Å²) in [4.78, 5) is 11.0. The fourth-order valence-electron chi connectivity index (χ4n) is 2.42. The smallest absolute Gasteiger partial charge is 0.220 e. The van der Waals surface area contributed by atoms with Crippen LogP contribution in [0.5, 0.6) is 0 Å². The third-order valence-electron chi connectivity index (χ3n) is 3.66. The van der Waals surface area contributed by atoms with Crippen molar-refractivity contribution in [3.63, 3.8) is 0 Å². The van der Waals surface area contributed by atoms with Gasteiger partial charge in [0.15, 0.2) is 0 Å². The lowest BCUT2D eigenvalue weighted by Crippen LogP contribution is -2.23. The molecule has 1 aromatic rings. The fraction of sp³-hybridized carbons (Fsp3) is 0.533. The zero-order chi connectivity index (χ0) is 13.7. The number of nitrogens with one attached hydrogen (secondary N) is 2. The Bertz CT molecular complexity index is 436. The van der Waals surface area contributed by atoms with E-state index in [1.165, 1.54) is 6.07 Å². The number of hydrogen-bond donors (Lipinski definition) is 2. The summed E-state index contributed by atoms with van der Waals surface area (Å²) in [6, 6.07) is 6.76. The van der Waals surface area contributed by atoms with Crippen molar-refractivity contribution >= 4 is 5.91 Å². The van der Waals surface area contributed by atoms with Gasteiger partial charge in [-0.15, -0.1) is 0 Å². The van der Waals surface area contributed by atoms with Gasteiger partial charge in [-0.3, -0.25) is 4.79 Å². The third-order valence-corrected chi connectivity index (χ3v) is 3.66. The summed E-state index contributed by atoms with van der Waals surface area (Å²) in [5.41, 5.74) is 1.02. The molecule has 1 fully saturated rings. The monoisotopic (exact) mass is 264 g/mol. The van der Waals surface area contributed by atoms with Gasteiger partial charge in [0, 0.05) is 19.5 Å². The Hall–Kier alpha value is -1.42. The van der Waals surface area contributed by atoms with Crippen LogP contribution in [0.1, 0.15) is 31.2 Å². The number of hydrogen-bond acceptors (Lipinski definition) is 2. The molecule has 0 bridgehead atoms. The van der Waals surface area contributed by atoms with Gasteiger partial charge in [-0.2, -0.15) is 0 Å². The topological polar surface area (TPSA) is 41.1 Å². The molecule has 104 valence electrons. The summed E-state index contributed by atoms with van der Waals surface area (Å²) < 4.78 is 13.1. The summed E-state index contributed by atoms with van der Waals surface area (Å²) in [7, 11) is 0. The number of halogens is 1. The number of benzene rings is 1. The van der Waals surface area contributed by atoms with Crippen molar-refractivity contribution in [3.8, 4) is 0 Å². The molecule has 4 heteroatoms. The largest absolute Gasteiger partial charge is 0.356 e. The fourth-order valence-corrected chi connectivity index (χ4v) is 2.42. The molecule has 2 atom stereocenters. The minimum Gasteiger partial charge on any atom is -0.356 e. The first-order valence-electron chi connectivity index (χ1n) is 6.88. The molecule has 1 aliphatic rings. The Morgan fingerprint density at radius 3 is 3.05 bits per heavy atom. The Morgan fingerprint density at radius 2 is 2.37 bits per heavy atom. The molecule has 0 aliphatic carbocycles. The van der Waals surface area contributed by atoms with Gasteiger partial charge in [0.2, 0.25) is 5.91 Å². The standard InChI is InChI=1S/C15H21FN2O/c1-11(13-3-2-4-14(16)8-13)9-17-6-5-12-7-15(19)18-10-12/h2-4,8,11-12,17H,5-7,9-10H2,1H3,(H,18,19)/t11-,12+/m0/s1. The molecule has 19 heavy (non-hydrogen) atoms. The molecule has 0 aromatic heterocycles. The quantitative estimate of drug-likeness (QED) is 0.772. The zero-order valence-electron chi connectivity index (χ0n) is 11.3. The van der Waals surface area contributed by atoms with Gasteiger partial charge in [-0.05, 0) is 42.5 Å². The highest BCUT2D eigenvalue weighted by molar-refractivity contribution is 5.78. The highest BCUT2D eigenvalue weighted by Crippen LogP contribution is 2.16. The van der Waals surface area contributed by atoms with Crippen LogP contribution in [0.25, 0.3) is 0 Å². The second-order valence-corrected chi connectivity index (χ2v) is 5.32. The lowest BCUT2D eigenvalue weighted by atomic mass is 10.0. The minimum atomic E-state index is -0.181. The van der Waals surface area contributed by atoms with Gasteiger partial charge in [0.05, 0.1) is 0 Å². The summed E-state index contributed by atoms with van der Waals surface area (Å²) in [6.45, 7) is 4.62. The minimum absolute atomic E-state index is 0.165. The number of carbonyl (C=O) groups is 1. The summed E-state index contributed by atoms with van der Waals surface area (Å²) in [6.07, 6.45) is 1.66. The molecule has 1 saturated heterocycles. The summed E-state index contributed by atoms with van der Waals surface area (Å²) >= 11 is 0. The van der Waals surface area contributed by atoms with E-state index in [1.807, 2.05) is 6.07 Å². The first-order chi connectivity index (χ1) is 9.15. The zero-order valence-corrected chi connectivity index (χ0v) is 11.3. The van der Waals surface area contributed by atoms with E-state index < -0.39 is 0 Å². The molecule has 1 aromatic carbocycles. The first kappa shape index (κ1) is 14.0. The normalized spacial score (nSPS) is 20.3. The van der Waals surface area contributed by atoms with Crippen LogP contribution in [0, 0.1) is 11.7 Å². The van der Waals surface area contributed by atoms with Crippen molar-refractivity contribution in [3.05, 3.63) is 35.6 Å².